The Morgan fingerprint density at radius 1 is 1.00 bits per heavy atom. The fourth-order valence-electron chi connectivity index (χ4n) is 4.64. The van der Waals surface area contributed by atoms with Gasteiger partial charge >= 0.3 is 0 Å². The Kier molecular flexibility index (Phi) is 5.53. The number of para-hydroxylation sites is 1. The van der Waals surface area contributed by atoms with Gasteiger partial charge < -0.3 is 15.3 Å². The first-order valence-corrected chi connectivity index (χ1v) is 10.7. The highest BCUT2D eigenvalue weighted by Gasteiger charge is 2.34. The summed E-state index contributed by atoms with van der Waals surface area (Å²) in [6.45, 7) is 3.18. The maximum absolute atomic E-state index is 13.9. The highest BCUT2D eigenvalue weighted by molar-refractivity contribution is 5.59. The number of rotatable bonds is 4. The predicted molar refractivity (Wildman–Crippen MR) is 119 cm³/mol. The van der Waals surface area contributed by atoms with Crippen molar-refractivity contribution in [1.29, 1.82) is 0 Å². The summed E-state index contributed by atoms with van der Waals surface area (Å²) in [4.78, 5) is 13.1. The van der Waals surface area contributed by atoms with Crippen LogP contribution in [0.25, 0.3) is 0 Å². The number of anilines is 3. The lowest BCUT2D eigenvalue weighted by atomic mass is 9.94. The first kappa shape index (κ1) is 19.9. The van der Waals surface area contributed by atoms with Gasteiger partial charge in [-0.3, -0.25) is 4.90 Å². The molecule has 3 aromatic rings. The number of nitrogens with zero attached hydrogens (tertiary/aromatic N) is 4. The molecule has 6 nitrogen and oxygen atoms in total. The number of nitrogens with one attached hydrogen (secondary N) is 1. The molecule has 0 amide bonds. The molecule has 31 heavy (non-hydrogen) atoms. The van der Waals surface area contributed by atoms with Crippen molar-refractivity contribution in [3.8, 4) is 0 Å². The quantitative estimate of drug-likeness (QED) is 0.676. The summed E-state index contributed by atoms with van der Waals surface area (Å²) in [6.07, 6.45) is 2.90. The Bertz CT molecular complexity index is 1060. The number of hydrogen-bond acceptors (Lipinski definition) is 6. The molecule has 2 aliphatic heterocycles. The first-order valence-electron chi connectivity index (χ1n) is 10.7. The average Bonchev–Trinajstić information content (AvgIpc) is 2.80. The Labute approximate surface area is 181 Å². The fraction of sp³-hybridized carbons (Fsp3) is 0.333. The molecule has 0 spiro atoms. The molecule has 160 valence electrons. The lowest BCUT2D eigenvalue weighted by Crippen LogP contribution is -2.55. The molecule has 2 N–H and O–H groups in total. The maximum Gasteiger partial charge on any atom is 0.146 e. The van der Waals surface area contributed by atoms with Gasteiger partial charge in [0.2, 0.25) is 0 Å². The molecule has 1 saturated heterocycles. The molecule has 0 saturated carbocycles. The summed E-state index contributed by atoms with van der Waals surface area (Å²) >= 11 is 0. The molecule has 5 rings (SSSR count). The average molecular weight is 420 g/mol. The van der Waals surface area contributed by atoms with E-state index in [4.69, 9.17) is 0 Å². The van der Waals surface area contributed by atoms with Gasteiger partial charge in [0.05, 0.1) is 11.8 Å². The largest absolute Gasteiger partial charge is 0.390 e. The molecule has 1 fully saturated rings. The summed E-state index contributed by atoms with van der Waals surface area (Å²) < 4.78 is 13.9. The topological polar surface area (TPSA) is 64.5 Å². The second kappa shape index (κ2) is 8.61. The third-order valence-electron chi connectivity index (χ3n) is 6.29. The second-order valence-corrected chi connectivity index (χ2v) is 8.22. The van der Waals surface area contributed by atoms with E-state index in [-0.39, 0.29) is 11.9 Å². The van der Waals surface area contributed by atoms with Gasteiger partial charge in [-0.15, -0.1) is 0 Å². The highest BCUT2D eigenvalue weighted by atomic mass is 19.1. The van der Waals surface area contributed by atoms with Crippen molar-refractivity contribution in [2.45, 2.75) is 31.5 Å². The van der Waals surface area contributed by atoms with Gasteiger partial charge in [0, 0.05) is 38.3 Å². The third-order valence-corrected chi connectivity index (χ3v) is 6.29. The number of hydrogen-bond donors (Lipinski definition) is 2. The zero-order valence-corrected chi connectivity index (χ0v) is 17.3. The number of β-amino-alcohol motifs (C(OH)–C–C–N with tert-alkyl or cyclic N) is 1. The summed E-state index contributed by atoms with van der Waals surface area (Å²) in [7, 11) is 0. The summed E-state index contributed by atoms with van der Waals surface area (Å²) in [5, 5.41) is 14.0. The standard InChI is InChI=1S/C24H26FN5O/c25-19-7-3-4-8-20(19)28-23-13-24(27-16-26-23)30-12-10-21(22(31)15-30)29-11-9-17-5-1-2-6-18(17)14-29/h1-8,13,16,21-22,31H,9-12,14-15H2,(H,26,27,28)/t21?,22-/m0/s1. The molecule has 2 aromatic carbocycles. The molecular weight excluding hydrogens is 393 g/mol. The minimum atomic E-state index is -0.461. The summed E-state index contributed by atoms with van der Waals surface area (Å²) in [5.41, 5.74) is 3.15. The van der Waals surface area contributed by atoms with Crippen molar-refractivity contribution >= 4 is 17.3 Å². The van der Waals surface area contributed by atoms with E-state index in [1.54, 1.807) is 24.3 Å². The normalized spacial score (nSPS) is 21.5. The van der Waals surface area contributed by atoms with Crippen LogP contribution < -0.4 is 10.2 Å². The molecule has 0 bridgehead atoms. The first-order chi connectivity index (χ1) is 15.2. The smallest absolute Gasteiger partial charge is 0.146 e. The number of piperidine rings is 1. The monoisotopic (exact) mass is 419 g/mol. The van der Waals surface area contributed by atoms with Crippen molar-refractivity contribution < 1.29 is 9.50 Å². The number of halogens is 1. The van der Waals surface area contributed by atoms with Crippen molar-refractivity contribution in [3.63, 3.8) is 0 Å². The van der Waals surface area contributed by atoms with E-state index in [0.29, 0.717) is 18.1 Å². The second-order valence-electron chi connectivity index (χ2n) is 8.22. The lowest BCUT2D eigenvalue weighted by molar-refractivity contribution is 0.0293. The van der Waals surface area contributed by atoms with E-state index < -0.39 is 6.10 Å². The van der Waals surface area contributed by atoms with Crippen LogP contribution in [0.15, 0.2) is 60.9 Å². The van der Waals surface area contributed by atoms with Crippen molar-refractivity contribution in [2.75, 3.05) is 29.9 Å². The van der Waals surface area contributed by atoms with Crippen LogP contribution in [0.3, 0.4) is 0 Å². The zero-order valence-electron chi connectivity index (χ0n) is 17.3. The van der Waals surface area contributed by atoms with Crippen LogP contribution >= 0.6 is 0 Å². The fourth-order valence-corrected chi connectivity index (χ4v) is 4.64. The van der Waals surface area contributed by atoms with Crippen LogP contribution in [-0.4, -0.2) is 51.8 Å². The van der Waals surface area contributed by atoms with Gasteiger partial charge in [0.1, 0.15) is 23.8 Å². The third kappa shape index (κ3) is 4.24. The Hall–Kier alpha value is -3.03. The van der Waals surface area contributed by atoms with Gasteiger partial charge in [-0.1, -0.05) is 36.4 Å². The number of aromatic nitrogens is 2. The number of fused-ring (bicyclic) bond motifs is 1. The van der Waals surface area contributed by atoms with E-state index in [2.05, 4.69) is 49.4 Å². The molecule has 0 radical (unpaired) electrons. The molecule has 2 atom stereocenters. The molecule has 1 aromatic heterocycles. The molecular formula is C24H26FN5O. The number of aliphatic hydroxyl groups is 1. The van der Waals surface area contributed by atoms with Crippen LogP contribution in [0, 0.1) is 5.82 Å². The van der Waals surface area contributed by atoms with Crippen molar-refractivity contribution in [1.82, 2.24) is 14.9 Å². The maximum atomic E-state index is 13.9. The van der Waals surface area contributed by atoms with Crippen LogP contribution in [0.2, 0.25) is 0 Å². The molecule has 3 heterocycles. The SMILES string of the molecule is O[C@H]1CN(c2cc(Nc3ccccc3F)ncn2)CCC1N1CCc2ccccc2C1. The molecule has 1 unspecified atom stereocenters. The van der Waals surface area contributed by atoms with Gasteiger partial charge in [0.15, 0.2) is 0 Å². The summed E-state index contributed by atoms with van der Waals surface area (Å²) in [6, 6.07) is 17.0. The zero-order chi connectivity index (χ0) is 21.2. The van der Waals surface area contributed by atoms with E-state index >= 15 is 0 Å². The Morgan fingerprint density at radius 3 is 2.65 bits per heavy atom. The number of benzene rings is 2. The van der Waals surface area contributed by atoms with Crippen molar-refractivity contribution in [3.05, 3.63) is 77.9 Å². The van der Waals surface area contributed by atoms with Crippen LogP contribution in [-0.2, 0) is 13.0 Å². The minimum absolute atomic E-state index is 0.141. The molecule has 0 aliphatic carbocycles. The Balaban J connectivity index is 1.25. The van der Waals surface area contributed by atoms with E-state index in [1.165, 1.54) is 23.5 Å². The van der Waals surface area contributed by atoms with Crippen molar-refractivity contribution in [2.24, 2.45) is 0 Å². The Morgan fingerprint density at radius 2 is 1.81 bits per heavy atom. The van der Waals surface area contributed by atoms with E-state index in [1.807, 2.05) is 0 Å². The predicted octanol–water partition coefficient (Wildman–Crippen LogP) is 3.36. The van der Waals surface area contributed by atoms with Gasteiger partial charge in [-0.05, 0) is 36.1 Å². The van der Waals surface area contributed by atoms with Gasteiger partial charge in [-0.25, -0.2) is 14.4 Å². The lowest BCUT2D eigenvalue weighted by Gasteiger charge is -2.43. The number of aliphatic hydroxyl groups excluding tert-OH is 1. The molecule has 7 heteroatoms. The van der Waals surface area contributed by atoms with Crippen LogP contribution in [0.5, 0.6) is 0 Å². The molecule has 2 aliphatic rings. The summed E-state index contributed by atoms with van der Waals surface area (Å²) in [5.74, 6) is 0.927. The van der Waals surface area contributed by atoms with E-state index in [0.717, 1.165) is 38.3 Å². The van der Waals surface area contributed by atoms with E-state index in [9.17, 15) is 9.50 Å². The van der Waals surface area contributed by atoms with Crippen LogP contribution in [0.1, 0.15) is 17.5 Å². The minimum Gasteiger partial charge on any atom is -0.390 e. The highest BCUT2D eigenvalue weighted by Crippen LogP contribution is 2.28. The van der Waals surface area contributed by atoms with Crippen LogP contribution in [0.4, 0.5) is 21.7 Å². The van der Waals surface area contributed by atoms with Gasteiger partial charge in [-0.2, -0.15) is 0 Å². The van der Waals surface area contributed by atoms with Gasteiger partial charge in [0.25, 0.3) is 0 Å².